The van der Waals surface area contributed by atoms with Crippen molar-refractivity contribution in [3.8, 4) is 0 Å². The Labute approximate surface area is 109 Å². The number of primary amides is 1. The molecule has 0 fully saturated rings. The Morgan fingerprint density at radius 1 is 1.29 bits per heavy atom. The van der Waals surface area contributed by atoms with Gasteiger partial charge < -0.3 is 16.4 Å². The molecule has 0 heterocycles. The van der Waals surface area contributed by atoms with E-state index in [4.69, 9.17) is 5.73 Å². The van der Waals surface area contributed by atoms with E-state index in [1.54, 1.807) is 14.0 Å². The molecule has 0 aliphatic rings. The molecule has 2 atom stereocenters. The van der Waals surface area contributed by atoms with Crippen molar-refractivity contribution < 1.29 is 9.59 Å². The van der Waals surface area contributed by atoms with Gasteiger partial charge in [-0.05, 0) is 12.5 Å². The SMILES string of the molecule is CNCC(C)C(=O)NC(C(N)=O)C(C)(C)C.Cl. The standard InChI is InChI=1S/C11H23N3O2.ClH/c1-7(6-13-5)10(16)14-8(9(12)15)11(2,3)4;/h7-8,13H,6H2,1-5H3,(H2,12,15)(H,14,16);1H. The minimum atomic E-state index is -0.640. The molecule has 0 spiro atoms. The first-order valence-electron chi connectivity index (χ1n) is 5.44. The molecule has 0 saturated heterocycles. The minimum Gasteiger partial charge on any atom is -0.368 e. The van der Waals surface area contributed by atoms with E-state index in [9.17, 15) is 9.59 Å². The molecule has 0 aromatic rings. The average molecular weight is 266 g/mol. The monoisotopic (exact) mass is 265 g/mol. The smallest absolute Gasteiger partial charge is 0.240 e. The van der Waals surface area contributed by atoms with E-state index in [0.29, 0.717) is 6.54 Å². The third kappa shape index (κ3) is 6.48. The second-order valence-electron chi connectivity index (χ2n) is 5.17. The summed E-state index contributed by atoms with van der Waals surface area (Å²) in [6.07, 6.45) is 0. The lowest BCUT2D eigenvalue weighted by Gasteiger charge is -2.29. The first-order chi connectivity index (χ1) is 7.20. The highest BCUT2D eigenvalue weighted by molar-refractivity contribution is 5.88. The van der Waals surface area contributed by atoms with E-state index in [1.807, 2.05) is 20.8 Å². The van der Waals surface area contributed by atoms with Gasteiger partial charge in [0.15, 0.2) is 0 Å². The predicted octanol–water partition coefficient (Wildman–Crippen LogP) is 0.280. The van der Waals surface area contributed by atoms with Crippen LogP contribution in [0, 0.1) is 11.3 Å². The number of hydrogen-bond donors (Lipinski definition) is 3. The van der Waals surface area contributed by atoms with Crippen LogP contribution in [0.5, 0.6) is 0 Å². The van der Waals surface area contributed by atoms with E-state index in [-0.39, 0.29) is 29.6 Å². The first kappa shape index (κ1) is 18.6. The maximum absolute atomic E-state index is 11.7. The van der Waals surface area contributed by atoms with Gasteiger partial charge in [-0.3, -0.25) is 9.59 Å². The molecule has 2 amide bonds. The summed E-state index contributed by atoms with van der Waals surface area (Å²) >= 11 is 0. The number of carbonyl (C=O) groups is 2. The highest BCUT2D eigenvalue weighted by Gasteiger charge is 2.31. The van der Waals surface area contributed by atoms with Crippen molar-refractivity contribution in [1.29, 1.82) is 0 Å². The fraction of sp³-hybridized carbons (Fsp3) is 0.818. The van der Waals surface area contributed by atoms with Gasteiger partial charge in [-0.1, -0.05) is 27.7 Å². The fourth-order valence-corrected chi connectivity index (χ4v) is 1.40. The second kappa shape index (κ2) is 7.50. The third-order valence-electron chi connectivity index (χ3n) is 2.40. The van der Waals surface area contributed by atoms with Crippen molar-refractivity contribution in [3.05, 3.63) is 0 Å². The summed E-state index contributed by atoms with van der Waals surface area (Å²) in [6, 6.07) is -0.640. The van der Waals surface area contributed by atoms with E-state index >= 15 is 0 Å². The van der Waals surface area contributed by atoms with Gasteiger partial charge in [0.05, 0.1) is 0 Å². The third-order valence-corrected chi connectivity index (χ3v) is 2.40. The van der Waals surface area contributed by atoms with E-state index in [1.165, 1.54) is 0 Å². The number of rotatable bonds is 5. The summed E-state index contributed by atoms with van der Waals surface area (Å²) < 4.78 is 0. The van der Waals surface area contributed by atoms with Crippen LogP contribution < -0.4 is 16.4 Å². The molecule has 0 aliphatic carbocycles. The van der Waals surface area contributed by atoms with Crippen LogP contribution in [-0.2, 0) is 9.59 Å². The topological polar surface area (TPSA) is 84.2 Å². The average Bonchev–Trinajstić information content (AvgIpc) is 2.11. The number of amides is 2. The summed E-state index contributed by atoms with van der Waals surface area (Å²) in [4.78, 5) is 23.0. The van der Waals surface area contributed by atoms with Crippen LogP contribution in [0.1, 0.15) is 27.7 Å². The van der Waals surface area contributed by atoms with Gasteiger partial charge in [-0.25, -0.2) is 0 Å². The van der Waals surface area contributed by atoms with Crippen molar-refractivity contribution in [2.45, 2.75) is 33.7 Å². The number of nitrogens with one attached hydrogen (secondary N) is 2. The summed E-state index contributed by atoms with van der Waals surface area (Å²) in [5.41, 5.74) is 4.90. The van der Waals surface area contributed by atoms with Crippen molar-refractivity contribution in [2.75, 3.05) is 13.6 Å². The number of nitrogens with two attached hydrogens (primary N) is 1. The molecule has 0 bridgehead atoms. The van der Waals surface area contributed by atoms with Gasteiger partial charge >= 0.3 is 0 Å². The second-order valence-corrected chi connectivity index (χ2v) is 5.17. The molecule has 102 valence electrons. The highest BCUT2D eigenvalue weighted by Crippen LogP contribution is 2.19. The fourth-order valence-electron chi connectivity index (χ4n) is 1.40. The van der Waals surface area contributed by atoms with Crippen molar-refractivity contribution >= 4 is 24.2 Å². The van der Waals surface area contributed by atoms with Crippen LogP contribution in [0.25, 0.3) is 0 Å². The molecule has 0 saturated carbocycles. The Balaban J connectivity index is 0. The lowest BCUT2D eigenvalue weighted by atomic mass is 9.86. The summed E-state index contributed by atoms with van der Waals surface area (Å²) in [5, 5.41) is 5.60. The van der Waals surface area contributed by atoms with Gasteiger partial charge in [0.1, 0.15) is 6.04 Å². The molecule has 4 N–H and O–H groups in total. The molecule has 0 aromatic carbocycles. The number of halogens is 1. The van der Waals surface area contributed by atoms with E-state index in [0.717, 1.165) is 0 Å². The molecule has 5 nitrogen and oxygen atoms in total. The molecule has 0 aliphatic heterocycles. The number of carbonyl (C=O) groups excluding carboxylic acids is 2. The normalized spacial score (nSPS) is 14.4. The van der Waals surface area contributed by atoms with Gasteiger partial charge in [0.2, 0.25) is 11.8 Å². The molecule has 0 radical (unpaired) electrons. The molecular formula is C11H24ClN3O2. The molecule has 2 unspecified atom stereocenters. The van der Waals surface area contributed by atoms with Gasteiger partial charge in [-0.15, -0.1) is 12.4 Å². The van der Waals surface area contributed by atoms with E-state index in [2.05, 4.69) is 10.6 Å². The molecule has 0 rings (SSSR count). The van der Waals surface area contributed by atoms with Crippen LogP contribution in [0.4, 0.5) is 0 Å². The van der Waals surface area contributed by atoms with Crippen LogP contribution in [0.15, 0.2) is 0 Å². The lowest BCUT2D eigenvalue weighted by Crippen LogP contribution is -2.53. The zero-order valence-electron chi connectivity index (χ0n) is 11.2. The Kier molecular flexibility index (Phi) is 8.19. The number of hydrogen-bond acceptors (Lipinski definition) is 3. The molecule has 6 heteroatoms. The highest BCUT2D eigenvalue weighted by atomic mass is 35.5. The summed E-state index contributed by atoms with van der Waals surface area (Å²) in [7, 11) is 1.78. The maximum Gasteiger partial charge on any atom is 0.240 e. The molecular weight excluding hydrogens is 242 g/mol. The zero-order chi connectivity index (χ0) is 12.9. The Bertz CT molecular complexity index is 264. The Hall–Kier alpha value is -0.810. The van der Waals surface area contributed by atoms with E-state index < -0.39 is 11.9 Å². The summed E-state index contributed by atoms with van der Waals surface area (Å²) in [5.74, 6) is -0.847. The van der Waals surface area contributed by atoms with Crippen LogP contribution in [0.3, 0.4) is 0 Å². The first-order valence-corrected chi connectivity index (χ1v) is 5.44. The quantitative estimate of drug-likeness (QED) is 0.668. The van der Waals surface area contributed by atoms with Crippen molar-refractivity contribution in [1.82, 2.24) is 10.6 Å². The van der Waals surface area contributed by atoms with Gasteiger partial charge in [0.25, 0.3) is 0 Å². The largest absolute Gasteiger partial charge is 0.368 e. The van der Waals surface area contributed by atoms with Crippen LogP contribution >= 0.6 is 12.4 Å². The van der Waals surface area contributed by atoms with Gasteiger partial charge in [0, 0.05) is 12.5 Å². The van der Waals surface area contributed by atoms with Crippen LogP contribution in [0.2, 0.25) is 0 Å². The lowest BCUT2D eigenvalue weighted by molar-refractivity contribution is -0.131. The maximum atomic E-state index is 11.7. The Morgan fingerprint density at radius 2 is 1.76 bits per heavy atom. The van der Waals surface area contributed by atoms with Crippen LogP contribution in [-0.4, -0.2) is 31.4 Å². The van der Waals surface area contributed by atoms with Crippen molar-refractivity contribution in [3.63, 3.8) is 0 Å². The molecule has 0 aromatic heterocycles. The van der Waals surface area contributed by atoms with Crippen molar-refractivity contribution in [2.24, 2.45) is 17.1 Å². The molecule has 17 heavy (non-hydrogen) atoms. The summed E-state index contributed by atoms with van der Waals surface area (Å²) in [6.45, 7) is 7.97. The van der Waals surface area contributed by atoms with Gasteiger partial charge in [-0.2, -0.15) is 0 Å². The zero-order valence-corrected chi connectivity index (χ0v) is 12.0. The Morgan fingerprint density at radius 3 is 2.06 bits per heavy atom. The predicted molar refractivity (Wildman–Crippen MR) is 70.9 cm³/mol. The minimum absolute atomic E-state index is 0.